The van der Waals surface area contributed by atoms with Crippen LogP contribution in [0.1, 0.15) is 11.7 Å². The van der Waals surface area contributed by atoms with Crippen LogP contribution in [0, 0.1) is 0 Å². The standard InChI is InChI=1S/C21H18O5/c1-24-21(23)20(16-8-3-2-4-9-16)26-19(22)14-25-18-12-11-15-7-5-6-10-17(15)13-18/h2-13,20H,14H2,1H3. The second-order valence-electron chi connectivity index (χ2n) is 5.60. The second kappa shape index (κ2) is 8.16. The van der Waals surface area contributed by atoms with E-state index in [1.54, 1.807) is 30.3 Å². The topological polar surface area (TPSA) is 61.8 Å². The summed E-state index contributed by atoms with van der Waals surface area (Å²) in [5.41, 5.74) is 0.540. The van der Waals surface area contributed by atoms with Crippen LogP contribution >= 0.6 is 0 Å². The minimum Gasteiger partial charge on any atom is -0.482 e. The monoisotopic (exact) mass is 350 g/mol. The van der Waals surface area contributed by atoms with Gasteiger partial charge in [0.05, 0.1) is 7.11 Å². The predicted molar refractivity (Wildman–Crippen MR) is 96.7 cm³/mol. The minimum atomic E-state index is -1.12. The lowest BCUT2D eigenvalue weighted by atomic mass is 10.1. The van der Waals surface area contributed by atoms with Gasteiger partial charge in [-0.15, -0.1) is 0 Å². The highest BCUT2D eigenvalue weighted by atomic mass is 16.6. The zero-order valence-corrected chi connectivity index (χ0v) is 14.3. The molecule has 3 rings (SSSR count). The molecule has 0 amide bonds. The van der Waals surface area contributed by atoms with Crippen molar-refractivity contribution in [3.8, 4) is 5.75 Å². The molecule has 5 nitrogen and oxygen atoms in total. The zero-order valence-electron chi connectivity index (χ0n) is 14.3. The molecule has 0 aliphatic rings. The molecule has 0 fully saturated rings. The Morgan fingerprint density at radius 2 is 1.58 bits per heavy atom. The van der Waals surface area contributed by atoms with Crippen LogP contribution in [0.3, 0.4) is 0 Å². The van der Waals surface area contributed by atoms with E-state index >= 15 is 0 Å². The Hall–Kier alpha value is -3.34. The fraction of sp³-hybridized carbons (Fsp3) is 0.143. The van der Waals surface area contributed by atoms with E-state index in [2.05, 4.69) is 0 Å². The summed E-state index contributed by atoms with van der Waals surface area (Å²) < 4.78 is 15.5. The first-order valence-corrected chi connectivity index (χ1v) is 8.11. The minimum absolute atomic E-state index is 0.307. The number of carbonyl (C=O) groups excluding carboxylic acids is 2. The molecule has 0 aromatic heterocycles. The van der Waals surface area contributed by atoms with Crippen LogP contribution in [0.5, 0.6) is 5.75 Å². The number of fused-ring (bicyclic) bond motifs is 1. The highest BCUT2D eigenvalue weighted by Crippen LogP contribution is 2.22. The molecule has 132 valence electrons. The number of benzene rings is 3. The summed E-state index contributed by atoms with van der Waals surface area (Å²) in [4.78, 5) is 24.1. The van der Waals surface area contributed by atoms with Crippen LogP contribution < -0.4 is 4.74 Å². The van der Waals surface area contributed by atoms with Crippen molar-refractivity contribution in [2.24, 2.45) is 0 Å². The SMILES string of the molecule is COC(=O)C(OC(=O)COc1ccc2ccccc2c1)c1ccccc1. The Kier molecular flexibility index (Phi) is 5.49. The Morgan fingerprint density at radius 3 is 2.31 bits per heavy atom. The molecule has 0 spiro atoms. The van der Waals surface area contributed by atoms with Gasteiger partial charge >= 0.3 is 11.9 Å². The Balaban J connectivity index is 1.65. The van der Waals surface area contributed by atoms with Crippen molar-refractivity contribution < 1.29 is 23.8 Å². The average molecular weight is 350 g/mol. The van der Waals surface area contributed by atoms with Crippen LogP contribution in [0.15, 0.2) is 72.8 Å². The van der Waals surface area contributed by atoms with Crippen molar-refractivity contribution >= 4 is 22.7 Å². The number of rotatable bonds is 6. The van der Waals surface area contributed by atoms with Gasteiger partial charge in [0.1, 0.15) is 5.75 Å². The molecule has 0 saturated carbocycles. The van der Waals surface area contributed by atoms with E-state index in [9.17, 15) is 9.59 Å². The molecule has 0 radical (unpaired) electrons. The first kappa shape index (κ1) is 17.5. The van der Waals surface area contributed by atoms with E-state index in [4.69, 9.17) is 14.2 Å². The predicted octanol–water partition coefficient (Wildman–Crippen LogP) is 3.68. The summed E-state index contributed by atoms with van der Waals surface area (Å²) >= 11 is 0. The van der Waals surface area contributed by atoms with E-state index in [0.29, 0.717) is 11.3 Å². The van der Waals surface area contributed by atoms with E-state index < -0.39 is 18.0 Å². The van der Waals surface area contributed by atoms with Gasteiger partial charge in [0.25, 0.3) is 0 Å². The number of esters is 2. The van der Waals surface area contributed by atoms with Crippen LogP contribution in [-0.2, 0) is 19.1 Å². The maximum Gasteiger partial charge on any atom is 0.351 e. The lowest BCUT2D eigenvalue weighted by Gasteiger charge is -2.16. The van der Waals surface area contributed by atoms with Gasteiger partial charge in [-0.05, 0) is 22.9 Å². The Bertz CT molecular complexity index is 904. The third kappa shape index (κ3) is 4.19. The molecule has 3 aromatic carbocycles. The molecule has 1 atom stereocenters. The maximum atomic E-state index is 12.1. The summed E-state index contributed by atoms with van der Waals surface area (Å²) in [7, 11) is 1.25. The molecule has 3 aromatic rings. The van der Waals surface area contributed by atoms with Gasteiger partial charge < -0.3 is 14.2 Å². The molecule has 0 saturated heterocycles. The van der Waals surface area contributed by atoms with Crippen LogP contribution in [0.2, 0.25) is 0 Å². The van der Waals surface area contributed by atoms with Gasteiger partial charge in [-0.3, -0.25) is 0 Å². The lowest BCUT2D eigenvalue weighted by molar-refractivity contribution is -0.167. The van der Waals surface area contributed by atoms with Crippen molar-refractivity contribution in [1.82, 2.24) is 0 Å². The van der Waals surface area contributed by atoms with Crippen LogP contribution in [0.4, 0.5) is 0 Å². The fourth-order valence-corrected chi connectivity index (χ4v) is 2.55. The molecule has 0 heterocycles. The number of carbonyl (C=O) groups is 2. The largest absolute Gasteiger partial charge is 0.482 e. The number of methoxy groups -OCH3 is 1. The van der Waals surface area contributed by atoms with Crippen LogP contribution in [-0.4, -0.2) is 25.7 Å². The normalized spacial score (nSPS) is 11.6. The first-order chi connectivity index (χ1) is 12.7. The van der Waals surface area contributed by atoms with E-state index in [1.807, 2.05) is 42.5 Å². The van der Waals surface area contributed by atoms with Gasteiger partial charge in [-0.2, -0.15) is 0 Å². The van der Waals surface area contributed by atoms with Crippen molar-refractivity contribution in [1.29, 1.82) is 0 Å². The molecular weight excluding hydrogens is 332 g/mol. The van der Waals surface area contributed by atoms with E-state index in [1.165, 1.54) is 7.11 Å². The summed E-state index contributed by atoms with van der Waals surface area (Å²) in [6, 6.07) is 22.1. The molecular formula is C21H18O5. The molecule has 0 bridgehead atoms. The Labute approximate surface area is 151 Å². The smallest absolute Gasteiger partial charge is 0.351 e. The Morgan fingerprint density at radius 1 is 0.885 bits per heavy atom. The summed E-state index contributed by atoms with van der Waals surface area (Å²) in [6.07, 6.45) is -1.12. The summed E-state index contributed by atoms with van der Waals surface area (Å²) in [5.74, 6) is -0.748. The molecule has 1 unspecified atom stereocenters. The van der Waals surface area contributed by atoms with E-state index in [-0.39, 0.29) is 6.61 Å². The molecule has 0 aliphatic carbocycles. The number of ether oxygens (including phenoxy) is 3. The third-order valence-electron chi connectivity index (χ3n) is 3.84. The quantitative estimate of drug-likeness (QED) is 0.635. The van der Waals surface area contributed by atoms with Gasteiger partial charge in [0, 0.05) is 5.56 Å². The number of hydrogen-bond acceptors (Lipinski definition) is 5. The molecule has 0 N–H and O–H groups in total. The third-order valence-corrected chi connectivity index (χ3v) is 3.84. The van der Waals surface area contributed by atoms with Crippen molar-refractivity contribution in [2.45, 2.75) is 6.10 Å². The highest BCUT2D eigenvalue weighted by molar-refractivity contribution is 5.84. The van der Waals surface area contributed by atoms with Crippen molar-refractivity contribution in [2.75, 3.05) is 13.7 Å². The second-order valence-corrected chi connectivity index (χ2v) is 5.60. The number of hydrogen-bond donors (Lipinski definition) is 0. The first-order valence-electron chi connectivity index (χ1n) is 8.11. The molecule has 26 heavy (non-hydrogen) atoms. The van der Waals surface area contributed by atoms with Gasteiger partial charge in [-0.25, -0.2) is 9.59 Å². The summed E-state index contributed by atoms with van der Waals surface area (Å²) in [5, 5.41) is 2.09. The van der Waals surface area contributed by atoms with Gasteiger partial charge in [0.2, 0.25) is 6.10 Å². The van der Waals surface area contributed by atoms with Crippen molar-refractivity contribution in [3.63, 3.8) is 0 Å². The fourth-order valence-electron chi connectivity index (χ4n) is 2.55. The van der Waals surface area contributed by atoms with E-state index in [0.717, 1.165) is 10.8 Å². The maximum absolute atomic E-state index is 12.1. The van der Waals surface area contributed by atoms with Crippen molar-refractivity contribution in [3.05, 3.63) is 78.4 Å². The average Bonchev–Trinajstić information content (AvgIpc) is 2.70. The molecule has 5 heteroatoms. The zero-order chi connectivity index (χ0) is 18.4. The van der Waals surface area contributed by atoms with Gasteiger partial charge in [0.15, 0.2) is 6.61 Å². The summed E-state index contributed by atoms with van der Waals surface area (Å²) in [6.45, 7) is -0.307. The lowest BCUT2D eigenvalue weighted by Crippen LogP contribution is -2.24. The van der Waals surface area contributed by atoms with Gasteiger partial charge in [-0.1, -0.05) is 60.7 Å². The van der Waals surface area contributed by atoms with Crippen LogP contribution in [0.25, 0.3) is 10.8 Å². The molecule has 0 aliphatic heterocycles. The highest BCUT2D eigenvalue weighted by Gasteiger charge is 2.25.